The molecule has 1 aliphatic carbocycles. The number of carbonyl (C=O) groups is 1. The highest BCUT2D eigenvalue weighted by molar-refractivity contribution is 5.82. The molecule has 0 aromatic heterocycles. The standard InChI is InChI=1S/C26H33N3O2/c1-31-22-12-7-11-21(17-22)28-14-15-29-24-13-6-5-8-19(24)16-23(25(29)18-28)26(30)27-20-9-3-2-4-10-20/h5-8,11-13,17,20,23,25H,2-4,9-10,14-16,18H2,1H3,(H,27,30)/t23-,25+/m1/s1. The molecular weight excluding hydrogens is 386 g/mol. The van der Waals surface area contributed by atoms with Crippen LogP contribution < -0.4 is 19.9 Å². The molecule has 0 radical (unpaired) electrons. The van der Waals surface area contributed by atoms with E-state index in [1.54, 1.807) is 7.11 Å². The van der Waals surface area contributed by atoms with E-state index in [-0.39, 0.29) is 17.9 Å². The Morgan fingerprint density at radius 3 is 2.71 bits per heavy atom. The van der Waals surface area contributed by atoms with Gasteiger partial charge < -0.3 is 19.9 Å². The zero-order valence-electron chi connectivity index (χ0n) is 18.4. The lowest BCUT2D eigenvalue weighted by atomic mass is 9.82. The summed E-state index contributed by atoms with van der Waals surface area (Å²) in [5.41, 5.74) is 3.78. The molecule has 1 saturated carbocycles. The smallest absolute Gasteiger partial charge is 0.225 e. The molecule has 5 heteroatoms. The number of fused-ring (bicyclic) bond motifs is 3. The van der Waals surface area contributed by atoms with Gasteiger partial charge in [-0.05, 0) is 43.0 Å². The average molecular weight is 420 g/mol. The number of amides is 1. The molecule has 2 aromatic rings. The monoisotopic (exact) mass is 419 g/mol. The zero-order chi connectivity index (χ0) is 21.2. The van der Waals surface area contributed by atoms with Crippen molar-refractivity contribution >= 4 is 17.3 Å². The van der Waals surface area contributed by atoms with Gasteiger partial charge in [0, 0.05) is 43.1 Å². The third-order valence-electron chi connectivity index (χ3n) is 7.33. The highest BCUT2D eigenvalue weighted by Gasteiger charge is 2.42. The fourth-order valence-electron chi connectivity index (χ4n) is 5.65. The van der Waals surface area contributed by atoms with E-state index in [2.05, 4.69) is 51.5 Å². The predicted octanol–water partition coefficient (Wildman–Crippen LogP) is 4.01. The van der Waals surface area contributed by atoms with Crippen molar-refractivity contribution < 1.29 is 9.53 Å². The summed E-state index contributed by atoms with van der Waals surface area (Å²) < 4.78 is 5.44. The van der Waals surface area contributed by atoms with Gasteiger partial charge in [-0.3, -0.25) is 4.79 Å². The summed E-state index contributed by atoms with van der Waals surface area (Å²) >= 11 is 0. The van der Waals surface area contributed by atoms with Crippen LogP contribution in [0.25, 0.3) is 0 Å². The van der Waals surface area contributed by atoms with E-state index in [1.807, 2.05) is 12.1 Å². The number of hydrogen-bond donors (Lipinski definition) is 1. The number of carbonyl (C=O) groups excluding carboxylic acids is 1. The van der Waals surface area contributed by atoms with Crippen LogP contribution in [0.15, 0.2) is 48.5 Å². The molecule has 2 aliphatic heterocycles. The topological polar surface area (TPSA) is 44.8 Å². The van der Waals surface area contributed by atoms with Crippen LogP contribution in [0.2, 0.25) is 0 Å². The molecule has 2 heterocycles. The van der Waals surface area contributed by atoms with E-state index in [0.717, 1.165) is 44.6 Å². The van der Waals surface area contributed by atoms with Crippen LogP contribution in [0.3, 0.4) is 0 Å². The van der Waals surface area contributed by atoms with Crippen molar-refractivity contribution in [3.63, 3.8) is 0 Å². The molecule has 0 unspecified atom stereocenters. The van der Waals surface area contributed by atoms with Crippen LogP contribution in [0, 0.1) is 5.92 Å². The molecule has 31 heavy (non-hydrogen) atoms. The maximum Gasteiger partial charge on any atom is 0.225 e. The molecule has 2 fully saturated rings. The van der Waals surface area contributed by atoms with Crippen LogP contribution in [-0.2, 0) is 11.2 Å². The number of rotatable bonds is 4. The second kappa shape index (κ2) is 8.81. The van der Waals surface area contributed by atoms with Crippen molar-refractivity contribution in [3.8, 4) is 5.75 Å². The summed E-state index contributed by atoms with van der Waals surface area (Å²) in [6.07, 6.45) is 6.84. The number of benzene rings is 2. The Morgan fingerprint density at radius 1 is 1.03 bits per heavy atom. The third kappa shape index (κ3) is 4.10. The average Bonchev–Trinajstić information content (AvgIpc) is 2.83. The Hall–Kier alpha value is -2.69. The first kappa shape index (κ1) is 20.2. The Morgan fingerprint density at radius 2 is 1.87 bits per heavy atom. The normalized spacial score (nSPS) is 23.6. The number of hydrogen-bond acceptors (Lipinski definition) is 4. The highest BCUT2D eigenvalue weighted by Crippen LogP contribution is 2.37. The van der Waals surface area contributed by atoms with E-state index >= 15 is 0 Å². The van der Waals surface area contributed by atoms with Crippen LogP contribution in [0.1, 0.15) is 37.7 Å². The van der Waals surface area contributed by atoms with Gasteiger partial charge in [0.1, 0.15) is 5.75 Å². The summed E-state index contributed by atoms with van der Waals surface area (Å²) in [6, 6.07) is 17.4. The van der Waals surface area contributed by atoms with Crippen molar-refractivity contribution in [1.82, 2.24) is 5.32 Å². The van der Waals surface area contributed by atoms with Crippen molar-refractivity contribution in [2.75, 3.05) is 36.5 Å². The number of anilines is 2. The van der Waals surface area contributed by atoms with E-state index in [9.17, 15) is 4.79 Å². The zero-order valence-corrected chi connectivity index (χ0v) is 18.4. The molecule has 2 aromatic carbocycles. The fourth-order valence-corrected chi connectivity index (χ4v) is 5.65. The molecule has 0 spiro atoms. The lowest BCUT2D eigenvalue weighted by molar-refractivity contribution is -0.126. The summed E-state index contributed by atoms with van der Waals surface area (Å²) in [5.74, 6) is 1.09. The van der Waals surface area contributed by atoms with Gasteiger partial charge in [-0.1, -0.05) is 43.5 Å². The lowest BCUT2D eigenvalue weighted by Crippen LogP contribution is -2.61. The molecular formula is C26H33N3O2. The van der Waals surface area contributed by atoms with Crippen LogP contribution in [-0.4, -0.2) is 44.7 Å². The number of nitrogens with one attached hydrogen (secondary N) is 1. The molecule has 164 valence electrons. The molecule has 1 saturated heterocycles. The van der Waals surface area contributed by atoms with Gasteiger partial charge in [0.05, 0.1) is 19.1 Å². The number of piperazine rings is 1. The van der Waals surface area contributed by atoms with Crippen molar-refractivity contribution in [2.45, 2.75) is 50.6 Å². The quantitative estimate of drug-likeness (QED) is 0.813. The van der Waals surface area contributed by atoms with Gasteiger partial charge in [-0.25, -0.2) is 0 Å². The van der Waals surface area contributed by atoms with Gasteiger partial charge in [0.25, 0.3) is 0 Å². The SMILES string of the molecule is COc1cccc(N2CCN3c4ccccc4C[C@@H](C(=O)NC4CCCCC4)[C@@H]3C2)c1. The van der Waals surface area contributed by atoms with E-state index < -0.39 is 0 Å². The number of para-hydroxylation sites is 1. The minimum atomic E-state index is -0.0229. The summed E-state index contributed by atoms with van der Waals surface area (Å²) in [4.78, 5) is 18.4. The van der Waals surface area contributed by atoms with E-state index in [1.165, 1.54) is 36.2 Å². The molecule has 5 nitrogen and oxygen atoms in total. The molecule has 1 amide bonds. The molecule has 3 aliphatic rings. The van der Waals surface area contributed by atoms with Crippen molar-refractivity contribution in [3.05, 3.63) is 54.1 Å². The second-order valence-electron chi connectivity index (χ2n) is 9.19. The van der Waals surface area contributed by atoms with E-state index in [4.69, 9.17) is 4.74 Å². The second-order valence-corrected chi connectivity index (χ2v) is 9.19. The minimum absolute atomic E-state index is 0.0229. The summed E-state index contributed by atoms with van der Waals surface area (Å²) in [7, 11) is 1.71. The van der Waals surface area contributed by atoms with Crippen LogP contribution in [0.4, 0.5) is 11.4 Å². The highest BCUT2D eigenvalue weighted by atomic mass is 16.5. The first-order chi connectivity index (χ1) is 15.2. The maximum absolute atomic E-state index is 13.5. The van der Waals surface area contributed by atoms with Gasteiger partial charge in [0.15, 0.2) is 0 Å². The van der Waals surface area contributed by atoms with Crippen LogP contribution in [0.5, 0.6) is 5.75 Å². The Bertz CT molecular complexity index is 924. The predicted molar refractivity (Wildman–Crippen MR) is 125 cm³/mol. The van der Waals surface area contributed by atoms with Crippen molar-refractivity contribution in [2.24, 2.45) is 5.92 Å². The number of methoxy groups -OCH3 is 1. The first-order valence-corrected chi connectivity index (χ1v) is 11.8. The van der Waals surface area contributed by atoms with Crippen molar-refractivity contribution in [1.29, 1.82) is 0 Å². The third-order valence-corrected chi connectivity index (χ3v) is 7.33. The number of nitrogens with zero attached hydrogens (tertiary/aromatic N) is 2. The maximum atomic E-state index is 13.5. The fraction of sp³-hybridized carbons (Fsp3) is 0.500. The van der Waals surface area contributed by atoms with Gasteiger partial charge in [0.2, 0.25) is 5.91 Å². The summed E-state index contributed by atoms with van der Waals surface area (Å²) in [5, 5.41) is 3.42. The Balaban J connectivity index is 1.40. The molecule has 1 N–H and O–H groups in total. The first-order valence-electron chi connectivity index (χ1n) is 11.8. The van der Waals surface area contributed by atoms with Gasteiger partial charge >= 0.3 is 0 Å². The van der Waals surface area contributed by atoms with Crippen LogP contribution >= 0.6 is 0 Å². The largest absolute Gasteiger partial charge is 0.497 e. The number of ether oxygens (including phenoxy) is 1. The Kier molecular flexibility index (Phi) is 5.75. The molecule has 0 bridgehead atoms. The molecule has 2 atom stereocenters. The van der Waals surface area contributed by atoms with Gasteiger partial charge in [-0.15, -0.1) is 0 Å². The minimum Gasteiger partial charge on any atom is -0.497 e. The van der Waals surface area contributed by atoms with E-state index in [0.29, 0.717) is 6.04 Å². The Labute approximate surface area is 185 Å². The summed E-state index contributed by atoms with van der Waals surface area (Å²) in [6.45, 7) is 2.71. The van der Waals surface area contributed by atoms with Gasteiger partial charge in [-0.2, -0.15) is 0 Å². The lowest BCUT2D eigenvalue weighted by Gasteiger charge is -2.50. The molecule has 5 rings (SSSR count).